The minimum absolute atomic E-state index is 0.143. The maximum absolute atomic E-state index is 10.5. The molecule has 0 saturated carbocycles. The Bertz CT molecular complexity index is 1060. The molecule has 0 spiro atoms. The molecule has 34 heavy (non-hydrogen) atoms. The summed E-state index contributed by atoms with van der Waals surface area (Å²) < 4.78 is 6.07. The van der Waals surface area contributed by atoms with Gasteiger partial charge < -0.3 is 35.2 Å². The van der Waals surface area contributed by atoms with Crippen LogP contribution in [0.15, 0.2) is 60.7 Å². The van der Waals surface area contributed by atoms with E-state index in [0.29, 0.717) is 38.2 Å². The molecular formula is C26H31NO7. The van der Waals surface area contributed by atoms with Crippen molar-refractivity contribution < 1.29 is 35.1 Å². The predicted octanol–water partition coefficient (Wildman–Crippen LogP) is 2.47. The molecule has 1 heterocycles. The van der Waals surface area contributed by atoms with Gasteiger partial charge in [-0.05, 0) is 47.4 Å². The van der Waals surface area contributed by atoms with Crippen molar-refractivity contribution in [2.75, 3.05) is 32.8 Å². The molecule has 4 rings (SSSR count). The highest BCUT2D eigenvalue weighted by Gasteiger charge is 2.32. The van der Waals surface area contributed by atoms with E-state index in [2.05, 4.69) is 4.90 Å². The van der Waals surface area contributed by atoms with E-state index >= 15 is 0 Å². The molecule has 0 amide bonds. The first kappa shape index (κ1) is 25.5. The average Bonchev–Trinajstić information content (AvgIpc) is 2.85. The SMILES string of the molecule is O=CO.OCC1(O)CCN(CC(O)COc2ccc3ccccc3c2-c2ccc(O)cc2)CC1. The lowest BCUT2D eigenvalue weighted by molar-refractivity contribution is -0.122. The summed E-state index contributed by atoms with van der Waals surface area (Å²) in [4.78, 5) is 10.4. The van der Waals surface area contributed by atoms with Crippen LogP contribution in [0.5, 0.6) is 11.5 Å². The number of carboxylic acid groups (broad SMARTS) is 1. The van der Waals surface area contributed by atoms with E-state index < -0.39 is 11.7 Å². The summed E-state index contributed by atoms with van der Waals surface area (Å²) in [6, 6.07) is 19.0. The number of hydrogen-bond acceptors (Lipinski definition) is 7. The number of nitrogens with zero attached hydrogens (tertiary/aromatic N) is 1. The summed E-state index contributed by atoms with van der Waals surface area (Å²) in [5.74, 6) is 0.883. The standard InChI is InChI=1S/C25H29NO5.CH2O2/c27-17-25(30)11-13-26(14-12-25)15-21(29)16-31-23-10-7-18-3-1-2-4-22(18)24(23)19-5-8-20(28)9-6-19;2-1-3/h1-10,21,27-30H,11-17H2;1H,(H,2,3). The molecule has 1 unspecified atom stereocenters. The molecule has 3 aromatic rings. The number of phenolic OH excluding ortho intramolecular Hbond substituents is 1. The van der Waals surface area contributed by atoms with Crippen molar-refractivity contribution in [1.29, 1.82) is 0 Å². The van der Waals surface area contributed by atoms with Crippen molar-refractivity contribution in [3.8, 4) is 22.6 Å². The third kappa shape index (κ3) is 6.45. The largest absolute Gasteiger partial charge is 0.508 e. The molecule has 1 atom stereocenters. The van der Waals surface area contributed by atoms with E-state index in [9.17, 15) is 20.4 Å². The molecule has 8 heteroatoms. The van der Waals surface area contributed by atoms with Gasteiger partial charge >= 0.3 is 0 Å². The zero-order valence-electron chi connectivity index (χ0n) is 18.9. The van der Waals surface area contributed by atoms with Crippen LogP contribution in [-0.4, -0.2) is 81.5 Å². The van der Waals surface area contributed by atoms with Crippen LogP contribution < -0.4 is 4.74 Å². The molecule has 3 aromatic carbocycles. The topological polar surface area (TPSA) is 131 Å². The summed E-state index contributed by atoms with van der Waals surface area (Å²) in [5, 5.41) is 48.7. The first-order valence-electron chi connectivity index (χ1n) is 11.1. The smallest absolute Gasteiger partial charge is 0.290 e. The maximum Gasteiger partial charge on any atom is 0.290 e. The average molecular weight is 470 g/mol. The summed E-state index contributed by atoms with van der Waals surface area (Å²) >= 11 is 0. The fourth-order valence-electron chi connectivity index (χ4n) is 4.14. The zero-order valence-corrected chi connectivity index (χ0v) is 18.9. The number of phenols is 1. The molecule has 0 radical (unpaired) electrons. The van der Waals surface area contributed by atoms with Crippen LogP contribution in [0.3, 0.4) is 0 Å². The van der Waals surface area contributed by atoms with E-state index in [1.807, 2.05) is 48.5 Å². The number of rotatable bonds is 7. The maximum atomic E-state index is 10.5. The van der Waals surface area contributed by atoms with Gasteiger partial charge in [0.2, 0.25) is 0 Å². The van der Waals surface area contributed by atoms with Crippen molar-refractivity contribution in [2.24, 2.45) is 0 Å². The number of fused-ring (bicyclic) bond motifs is 1. The Balaban J connectivity index is 0.00000103. The first-order valence-corrected chi connectivity index (χ1v) is 11.1. The summed E-state index contributed by atoms with van der Waals surface area (Å²) in [5.41, 5.74) is 0.858. The third-order valence-corrected chi connectivity index (χ3v) is 6.03. The van der Waals surface area contributed by atoms with Crippen LogP contribution in [0.4, 0.5) is 0 Å². The fourth-order valence-corrected chi connectivity index (χ4v) is 4.14. The number of piperidine rings is 1. The van der Waals surface area contributed by atoms with E-state index in [-0.39, 0.29) is 25.4 Å². The highest BCUT2D eigenvalue weighted by molar-refractivity contribution is 5.99. The van der Waals surface area contributed by atoms with E-state index in [0.717, 1.165) is 21.9 Å². The van der Waals surface area contributed by atoms with Crippen molar-refractivity contribution in [3.05, 3.63) is 60.7 Å². The molecule has 182 valence electrons. The molecule has 1 fully saturated rings. The molecule has 5 N–H and O–H groups in total. The van der Waals surface area contributed by atoms with Gasteiger partial charge in [0.15, 0.2) is 0 Å². The lowest BCUT2D eigenvalue weighted by Crippen LogP contribution is -2.48. The van der Waals surface area contributed by atoms with Crippen molar-refractivity contribution in [1.82, 2.24) is 4.90 Å². The molecule has 1 aliphatic heterocycles. The molecule has 0 bridgehead atoms. The highest BCUT2D eigenvalue weighted by atomic mass is 16.5. The molecule has 1 aliphatic rings. The second-order valence-corrected chi connectivity index (χ2v) is 8.46. The number of aliphatic hydroxyl groups excluding tert-OH is 2. The van der Waals surface area contributed by atoms with Crippen molar-refractivity contribution >= 4 is 17.2 Å². The molecule has 1 saturated heterocycles. The van der Waals surface area contributed by atoms with Gasteiger partial charge in [0.05, 0.1) is 12.2 Å². The minimum atomic E-state index is -0.998. The first-order chi connectivity index (χ1) is 16.4. The number of aliphatic hydroxyl groups is 3. The summed E-state index contributed by atoms with van der Waals surface area (Å²) in [6.45, 7) is 1.37. The van der Waals surface area contributed by atoms with Gasteiger partial charge in [-0.3, -0.25) is 4.79 Å². The quantitative estimate of drug-likeness (QED) is 0.334. The second-order valence-electron chi connectivity index (χ2n) is 8.46. The van der Waals surface area contributed by atoms with Gasteiger partial charge in [-0.1, -0.05) is 42.5 Å². The van der Waals surface area contributed by atoms with Crippen LogP contribution in [0.1, 0.15) is 12.8 Å². The van der Waals surface area contributed by atoms with Gasteiger partial charge in [0, 0.05) is 25.2 Å². The number of aromatic hydroxyl groups is 1. The van der Waals surface area contributed by atoms with Crippen LogP contribution in [0, 0.1) is 0 Å². The molecular weight excluding hydrogens is 438 g/mol. The lowest BCUT2D eigenvalue weighted by Gasteiger charge is -2.37. The Morgan fingerprint density at radius 3 is 2.32 bits per heavy atom. The predicted molar refractivity (Wildman–Crippen MR) is 129 cm³/mol. The fraction of sp³-hybridized carbons (Fsp3) is 0.346. The third-order valence-electron chi connectivity index (χ3n) is 6.03. The lowest BCUT2D eigenvalue weighted by atomic mass is 9.92. The van der Waals surface area contributed by atoms with Crippen molar-refractivity contribution in [2.45, 2.75) is 24.5 Å². The number of hydrogen-bond donors (Lipinski definition) is 5. The molecule has 0 aliphatic carbocycles. The van der Waals surface area contributed by atoms with Gasteiger partial charge in [-0.25, -0.2) is 0 Å². The zero-order chi connectivity index (χ0) is 24.6. The van der Waals surface area contributed by atoms with Crippen LogP contribution in [-0.2, 0) is 4.79 Å². The Morgan fingerprint density at radius 2 is 1.68 bits per heavy atom. The normalized spacial score (nSPS) is 16.3. The monoisotopic (exact) mass is 469 g/mol. The molecule has 0 aromatic heterocycles. The van der Waals surface area contributed by atoms with E-state index in [4.69, 9.17) is 14.6 Å². The Hall–Kier alpha value is -3.17. The van der Waals surface area contributed by atoms with Crippen LogP contribution in [0.25, 0.3) is 21.9 Å². The Morgan fingerprint density at radius 1 is 1.03 bits per heavy atom. The Labute approximate surface area is 198 Å². The van der Waals surface area contributed by atoms with Crippen molar-refractivity contribution in [3.63, 3.8) is 0 Å². The number of likely N-dealkylation sites (tertiary alicyclic amines) is 1. The second kappa shape index (κ2) is 11.8. The van der Waals surface area contributed by atoms with Crippen LogP contribution in [0.2, 0.25) is 0 Å². The number of carbonyl (C=O) groups is 1. The van der Waals surface area contributed by atoms with Gasteiger partial charge in [0.25, 0.3) is 6.47 Å². The van der Waals surface area contributed by atoms with Gasteiger partial charge in [-0.2, -0.15) is 0 Å². The van der Waals surface area contributed by atoms with Gasteiger partial charge in [0.1, 0.15) is 24.2 Å². The Kier molecular flexibility index (Phi) is 8.84. The number of benzene rings is 3. The number of ether oxygens (including phenoxy) is 1. The van der Waals surface area contributed by atoms with E-state index in [1.54, 1.807) is 12.1 Å². The van der Waals surface area contributed by atoms with E-state index in [1.165, 1.54) is 0 Å². The summed E-state index contributed by atoms with van der Waals surface area (Å²) in [6.07, 6.45) is 0.305. The summed E-state index contributed by atoms with van der Waals surface area (Å²) in [7, 11) is 0. The number of β-amino-alcohol motifs (C(OH)–C–C–N with tert-alkyl or cyclic N) is 1. The highest BCUT2D eigenvalue weighted by Crippen LogP contribution is 2.37. The minimum Gasteiger partial charge on any atom is -0.508 e. The van der Waals surface area contributed by atoms with Crippen LogP contribution >= 0.6 is 0 Å². The van der Waals surface area contributed by atoms with Gasteiger partial charge in [-0.15, -0.1) is 0 Å². The molecule has 8 nitrogen and oxygen atoms in total.